The van der Waals surface area contributed by atoms with Crippen LogP contribution in [0.4, 0.5) is 4.39 Å². The topological polar surface area (TPSA) is 76.7 Å². The predicted molar refractivity (Wildman–Crippen MR) is 91.2 cm³/mol. The first-order valence-corrected chi connectivity index (χ1v) is 7.65. The van der Waals surface area contributed by atoms with E-state index in [4.69, 9.17) is 22.2 Å². The molecule has 2 aromatic rings. The molecular formula is C17H17ClFN3O2. The van der Waals surface area contributed by atoms with Gasteiger partial charge in [-0.05, 0) is 48.4 Å². The van der Waals surface area contributed by atoms with E-state index in [-0.39, 0.29) is 24.2 Å². The summed E-state index contributed by atoms with van der Waals surface area (Å²) in [5, 5.41) is 6.96. The molecular weight excluding hydrogens is 333 g/mol. The Labute approximate surface area is 144 Å². The highest BCUT2D eigenvalue weighted by Crippen LogP contribution is 2.09. The summed E-state index contributed by atoms with van der Waals surface area (Å²) >= 11 is 5.78. The molecule has 0 heterocycles. The van der Waals surface area contributed by atoms with E-state index in [0.717, 1.165) is 5.56 Å². The fraction of sp³-hybridized carbons (Fsp3) is 0.176. The van der Waals surface area contributed by atoms with Gasteiger partial charge < -0.3 is 15.9 Å². The second kappa shape index (κ2) is 8.88. The lowest BCUT2D eigenvalue weighted by atomic mass is 10.1. The number of nitrogens with one attached hydrogen (secondary N) is 1. The Hall–Kier alpha value is -2.60. The van der Waals surface area contributed by atoms with Gasteiger partial charge in [0.05, 0.1) is 0 Å². The molecule has 0 atom stereocenters. The van der Waals surface area contributed by atoms with E-state index in [0.29, 0.717) is 23.6 Å². The van der Waals surface area contributed by atoms with Crippen molar-refractivity contribution in [2.24, 2.45) is 10.9 Å². The van der Waals surface area contributed by atoms with Crippen LogP contribution >= 0.6 is 11.6 Å². The lowest BCUT2D eigenvalue weighted by Crippen LogP contribution is -2.29. The van der Waals surface area contributed by atoms with Crippen LogP contribution in [0.1, 0.15) is 11.1 Å². The smallest absolute Gasteiger partial charge is 0.260 e. The second-order valence-corrected chi connectivity index (χ2v) is 5.42. The molecule has 0 aromatic heterocycles. The summed E-state index contributed by atoms with van der Waals surface area (Å²) in [5.74, 6) is -0.442. The van der Waals surface area contributed by atoms with Gasteiger partial charge in [-0.1, -0.05) is 28.9 Å². The van der Waals surface area contributed by atoms with E-state index in [2.05, 4.69) is 10.5 Å². The van der Waals surface area contributed by atoms with Crippen molar-refractivity contribution in [1.82, 2.24) is 5.32 Å². The molecule has 0 radical (unpaired) electrons. The van der Waals surface area contributed by atoms with Crippen LogP contribution in [-0.2, 0) is 16.1 Å². The number of nitrogens with zero attached hydrogens (tertiary/aromatic N) is 1. The number of hydrogen-bond acceptors (Lipinski definition) is 3. The summed E-state index contributed by atoms with van der Waals surface area (Å²) < 4.78 is 12.8. The van der Waals surface area contributed by atoms with Crippen LogP contribution in [0, 0.1) is 5.82 Å². The minimum absolute atomic E-state index is 0.158. The maximum Gasteiger partial charge on any atom is 0.260 e. The Morgan fingerprint density at radius 2 is 1.83 bits per heavy atom. The van der Waals surface area contributed by atoms with E-state index in [1.54, 1.807) is 36.4 Å². The van der Waals surface area contributed by atoms with Crippen LogP contribution in [-0.4, -0.2) is 24.9 Å². The number of halogens is 2. The highest BCUT2D eigenvalue weighted by molar-refractivity contribution is 6.30. The molecule has 0 aliphatic rings. The van der Waals surface area contributed by atoms with Gasteiger partial charge in [0.2, 0.25) is 0 Å². The minimum atomic E-state index is -0.315. The first-order chi connectivity index (χ1) is 11.5. The van der Waals surface area contributed by atoms with E-state index in [9.17, 15) is 9.18 Å². The molecule has 0 saturated heterocycles. The molecule has 126 valence electrons. The molecule has 2 rings (SSSR count). The standard InChI is InChI=1S/C17H17ClFN3O2/c18-14-5-3-13(4-6-14)17(20)22-24-11-16(23)21-10-9-12-1-7-15(19)8-2-12/h1-8H,9-11H2,(H2,20,22)(H,21,23). The van der Waals surface area contributed by atoms with Crippen molar-refractivity contribution in [3.05, 3.63) is 70.5 Å². The summed E-state index contributed by atoms with van der Waals surface area (Å²) in [4.78, 5) is 16.6. The van der Waals surface area contributed by atoms with Gasteiger partial charge >= 0.3 is 0 Å². The fourth-order valence-corrected chi connectivity index (χ4v) is 2.01. The number of oxime groups is 1. The number of carbonyl (C=O) groups is 1. The van der Waals surface area contributed by atoms with Crippen molar-refractivity contribution in [2.75, 3.05) is 13.2 Å². The van der Waals surface area contributed by atoms with Crippen LogP contribution in [0.25, 0.3) is 0 Å². The monoisotopic (exact) mass is 349 g/mol. The summed E-state index contributed by atoms with van der Waals surface area (Å²) in [6.45, 7) is 0.182. The van der Waals surface area contributed by atoms with Crippen molar-refractivity contribution in [3.63, 3.8) is 0 Å². The maximum atomic E-state index is 12.8. The van der Waals surface area contributed by atoms with Crippen LogP contribution in [0.5, 0.6) is 0 Å². The highest BCUT2D eigenvalue weighted by atomic mass is 35.5. The van der Waals surface area contributed by atoms with Crippen molar-refractivity contribution in [3.8, 4) is 0 Å². The normalized spacial score (nSPS) is 11.2. The van der Waals surface area contributed by atoms with Gasteiger partial charge in [-0.15, -0.1) is 0 Å². The number of carbonyl (C=O) groups excluding carboxylic acids is 1. The molecule has 1 amide bonds. The molecule has 24 heavy (non-hydrogen) atoms. The van der Waals surface area contributed by atoms with E-state index < -0.39 is 0 Å². The molecule has 0 spiro atoms. The Balaban J connectivity index is 1.70. The van der Waals surface area contributed by atoms with E-state index >= 15 is 0 Å². The minimum Gasteiger partial charge on any atom is -0.384 e. The van der Waals surface area contributed by atoms with Crippen molar-refractivity contribution < 1.29 is 14.0 Å². The number of benzene rings is 2. The quantitative estimate of drug-likeness (QED) is 0.458. The number of hydrogen-bond donors (Lipinski definition) is 2. The molecule has 0 bridgehead atoms. The average Bonchev–Trinajstić information content (AvgIpc) is 2.57. The fourth-order valence-electron chi connectivity index (χ4n) is 1.88. The van der Waals surface area contributed by atoms with Crippen molar-refractivity contribution in [1.29, 1.82) is 0 Å². The first kappa shape index (κ1) is 17.7. The van der Waals surface area contributed by atoms with Crippen LogP contribution in [0.3, 0.4) is 0 Å². The lowest BCUT2D eigenvalue weighted by Gasteiger charge is -2.05. The van der Waals surface area contributed by atoms with Crippen molar-refractivity contribution in [2.45, 2.75) is 6.42 Å². The summed E-state index contributed by atoms with van der Waals surface area (Å²) in [7, 11) is 0. The summed E-state index contributed by atoms with van der Waals surface area (Å²) in [5.41, 5.74) is 7.32. The third-order valence-corrected chi connectivity index (χ3v) is 3.40. The molecule has 0 saturated carbocycles. The third kappa shape index (κ3) is 5.89. The first-order valence-electron chi connectivity index (χ1n) is 7.27. The van der Waals surface area contributed by atoms with Gasteiger partial charge in [0.1, 0.15) is 5.82 Å². The molecule has 0 aliphatic heterocycles. The van der Waals surface area contributed by atoms with Gasteiger partial charge in [0, 0.05) is 17.1 Å². The van der Waals surface area contributed by atoms with E-state index in [1.807, 2.05) is 0 Å². The van der Waals surface area contributed by atoms with Gasteiger partial charge in [-0.3, -0.25) is 4.79 Å². The lowest BCUT2D eigenvalue weighted by molar-refractivity contribution is -0.125. The summed E-state index contributed by atoms with van der Waals surface area (Å²) in [6.07, 6.45) is 0.599. The zero-order valence-corrected chi connectivity index (χ0v) is 13.6. The highest BCUT2D eigenvalue weighted by Gasteiger charge is 2.03. The van der Waals surface area contributed by atoms with E-state index in [1.165, 1.54) is 12.1 Å². The van der Waals surface area contributed by atoms with Gasteiger partial charge in [-0.2, -0.15) is 0 Å². The average molecular weight is 350 g/mol. The van der Waals surface area contributed by atoms with Crippen molar-refractivity contribution >= 4 is 23.3 Å². The molecule has 0 unspecified atom stereocenters. The number of amidine groups is 1. The largest absolute Gasteiger partial charge is 0.384 e. The van der Waals surface area contributed by atoms with Gasteiger partial charge in [0.15, 0.2) is 12.4 Å². The Bertz CT molecular complexity index is 703. The molecule has 7 heteroatoms. The third-order valence-electron chi connectivity index (χ3n) is 3.15. The van der Waals surface area contributed by atoms with Gasteiger partial charge in [-0.25, -0.2) is 4.39 Å². The molecule has 2 aromatic carbocycles. The van der Waals surface area contributed by atoms with Crippen LogP contribution in [0.2, 0.25) is 5.02 Å². The summed E-state index contributed by atoms with van der Waals surface area (Å²) in [6, 6.07) is 12.9. The zero-order chi connectivity index (χ0) is 17.4. The molecule has 5 nitrogen and oxygen atoms in total. The number of rotatable bonds is 7. The predicted octanol–water partition coefficient (Wildman–Crippen LogP) is 2.47. The molecule has 0 aliphatic carbocycles. The Morgan fingerprint density at radius 1 is 1.17 bits per heavy atom. The maximum absolute atomic E-state index is 12.8. The van der Waals surface area contributed by atoms with Crippen LogP contribution < -0.4 is 11.1 Å². The number of nitrogens with two attached hydrogens (primary N) is 1. The van der Waals surface area contributed by atoms with Gasteiger partial charge in [0.25, 0.3) is 5.91 Å². The zero-order valence-electron chi connectivity index (χ0n) is 12.8. The van der Waals surface area contributed by atoms with Crippen LogP contribution in [0.15, 0.2) is 53.7 Å². The molecule has 3 N–H and O–H groups in total. The molecule has 0 fully saturated rings. The Morgan fingerprint density at radius 3 is 2.50 bits per heavy atom. The number of amides is 1. The second-order valence-electron chi connectivity index (χ2n) is 4.98. The SMILES string of the molecule is N/C(=N\OCC(=O)NCCc1ccc(F)cc1)c1ccc(Cl)cc1. The Kier molecular flexibility index (Phi) is 6.57.